The number of pyridine rings is 1. The smallest absolute Gasteiger partial charge is 0.413 e. The Morgan fingerprint density at radius 1 is 1.03 bits per heavy atom. The van der Waals surface area contributed by atoms with E-state index < -0.39 is 43.9 Å². The largest absolute Gasteiger partial charge is 0.444 e. The number of carbonyl (C=O) groups excluding carboxylic acids is 1. The molecule has 12 heteroatoms. The minimum absolute atomic E-state index is 0.0532. The summed E-state index contributed by atoms with van der Waals surface area (Å²) in [6.45, 7) is 6.03. The van der Waals surface area contributed by atoms with Crippen LogP contribution in [0.25, 0.3) is 10.8 Å². The number of rotatable bonds is 8. The molecule has 0 saturated carbocycles. The number of alkyl carbamates (subject to hydrolysis) is 1. The van der Waals surface area contributed by atoms with Crippen LogP contribution in [0.4, 0.5) is 4.79 Å². The summed E-state index contributed by atoms with van der Waals surface area (Å²) in [5, 5.41) is 3.27. The number of allylic oxidation sites excluding steroid dienone is 1. The van der Waals surface area contributed by atoms with E-state index in [4.69, 9.17) is 16.3 Å². The summed E-state index contributed by atoms with van der Waals surface area (Å²) in [5.41, 5.74) is -0.845. The number of sulfonamides is 1. The van der Waals surface area contributed by atoms with E-state index in [1.54, 1.807) is 45.0 Å². The highest BCUT2D eigenvalue weighted by Gasteiger charge is 2.31. The van der Waals surface area contributed by atoms with Crippen molar-refractivity contribution < 1.29 is 26.4 Å². The topological polar surface area (TPSA) is 123 Å². The van der Waals surface area contributed by atoms with Crippen LogP contribution in [0.5, 0.6) is 0 Å². The number of ether oxygens (including phenoxy) is 1. The average Bonchev–Trinajstić information content (AvgIpc) is 2.82. The summed E-state index contributed by atoms with van der Waals surface area (Å²) in [6.07, 6.45) is 1.84. The molecule has 9 nitrogen and oxygen atoms in total. The summed E-state index contributed by atoms with van der Waals surface area (Å²) in [7, 11) is -8.26. The number of nitrogens with zero attached hydrogens (tertiary/aromatic N) is 2. The lowest BCUT2D eigenvalue weighted by molar-refractivity contribution is 0.0536. The predicted octanol–water partition coefficient (Wildman–Crippen LogP) is 4.74. The maximum absolute atomic E-state index is 14.0. The fraction of sp³-hybridized carbons (Fsp3) is 0.280. The van der Waals surface area contributed by atoms with Crippen molar-refractivity contribution in [1.82, 2.24) is 14.6 Å². The Balaban J connectivity index is 2.08. The van der Waals surface area contributed by atoms with Gasteiger partial charge < -0.3 is 4.74 Å². The van der Waals surface area contributed by atoms with E-state index in [0.717, 1.165) is 4.31 Å². The highest BCUT2D eigenvalue weighted by molar-refractivity contribution is 7.91. The molecule has 1 amide bonds. The zero-order chi connectivity index (χ0) is 27.4. The molecule has 0 bridgehead atoms. The minimum Gasteiger partial charge on any atom is -0.444 e. The lowest BCUT2D eigenvalue weighted by Crippen LogP contribution is -2.43. The van der Waals surface area contributed by atoms with Crippen LogP contribution in [-0.4, -0.2) is 50.1 Å². The van der Waals surface area contributed by atoms with E-state index in [9.17, 15) is 21.6 Å². The van der Waals surface area contributed by atoms with Crippen LogP contribution < -0.4 is 5.32 Å². The fourth-order valence-electron chi connectivity index (χ4n) is 3.49. The van der Waals surface area contributed by atoms with Gasteiger partial charge in [0, 0.05) is 17.0 Å². The van der Waals surface area contributed by atoms with Gasteiger partial charge in [0.15, 0.2) is 9.84 Å². The number of aromatic nitrogens is 1. The van der Waals surface area contributed by atoms with Crippen molar-refractivity contribution in [2.24, 2.45) is 0 Å². The molecule has 3 aromatic rings. The Morgan fingerprint density at radius 2 is 1.70 bits per heavy atom. The van der Waals surface area contributed by atoms with Crippen molar-refractivity contribution in [2.75, 3.05) is 12.3 Å². The van der Waals surface area contributed by atoms with Gasteiger partial charge in [-0.05, 0) is 58.0 Å². The second-order valence-electron chi connectivity index (χ2n) is 8.96. The zero-order valence-electron chi connectivity index (χ0n) is 20.8. The third kappa shape index (κ3) is 6.79. The molecule has 0 spiro atoms. The molecule has 0 fully saturated rings. The maximum Gasteiger partial charge on any atom is 0.413 e. The number of nitrogens with one attached hydrogen (secondary N) is 1. The van der Waals surface area contributed by atoms with Crippen LogP contribution in [0, 0.1) is 0 Å². The first-order chi connectivity index (χ1) is 17.3. The molecular weight excluding hydrogens is 538 g/mol. The zero-order valence-corrected chi connectivity index (χ0v) is 23.2. The predicted molar refractivity (Wildman–Crippen MR) is 142 cm³/mol. The molecule has 37 heavy (non-hydrogen) atoms. The normalized spacial score (nSPS) is 12.8. The Hall–Kier alpha value is -3.15. The Morgan fingerprint density at radius 3 is 2.32 bits per heavy atom. The number of sulfone groups is 1. The van der Waals surface area contributed by atoms with Crippen molar-refractivity contribution in [1.29, 1.82) is 0 Å². The third-order valence-corrected chi connectivity index (χ3v) is 9.01. The van der Waals surface area contributed by atoms with Crippen molar-refractivity contribution in [3.63, 3.8) is 0 Å². The standard InChI is InChI=1S/C25H28ClN3O6S2/c1-5-22(28-24(30)35-25(2,3)4)29(16-17-36(31,32)18-10-7-6-8-11-18)37(33,34)21-13-9-12-20-19(21)14-15-27-23(20)26/h5-15H,16-17H2,1-4H3,(H,28,30). The van der Waals surface area contributed by atoms with Gasteiger partial charge in [-0.3, -0.25) is 9.62 Å². The quantitative estimate of drug-likeness (QED) is 0.391. The van der Waals surface area contributed by atoms with Crippen molar-refractivity contribution in [3.8, 4) is 0 Å². The molecule has 1 N–H and O–H groups in total. The van der Waals surface area contributed by atoms with Crippen molar-refractivity contribution >= 4 is 48.3 Å². The van der Waals surface area contributed by atoms with Crippen LogP contribution in [0.2, 0.25) is 5.15 Å². The van der Waals surface area contributed by atoms with E-state index in [1.165, 1.54) is 49.5 Å². The molecule has 0 unspecified atom stereocenters. The van der Waals surface area contributed by atoms with Gasteiger partial charge in [0.2, 0.25) is 0 Å². The molecule has 0 radical (unpaired) electrons. The first kappa shape index (κ1) is 28.4. The van der Waals surface area contributed by atoms with E-state index in [2.05, 4.69) is 10.3 Å². The number of amides is 1. The molecule has 1 aromatic heterocycles. The number of hydrogen-bond donors (Lipinski definition) is 1. The Labute approximate surface area is 222 Å². The monoisotopic (exact) mass is 565 g/mol. The molecule has 1 heterocycles. The average molecular weight is 566 g/mol. The van der Waals surface area contributed by atoms with Gasteiger partial charge in [-0.1, -0.05) is 41.9 Å². The first-order valence-corrected chi connectivity index (χ1v) is 14.7. The summed E-state index contributed by atoms with van der Waals surface area (Å²) >= 11 is 6.18. The summed E-state index contributed by atoms with van der Waals surface area (Å²) in [6, 6.07) is 13.7. The second kappa shape index (κ2) is 11.1. The SMILES string of the molecule is CC=C(NC(=O)OC(C)(C)C)N(CCS(=O)(=O)c1ccccc1)S(=O)(=O)c1cccc2c(Cl)nccc12. The number of hydrogen-bond acceptors (Lipinski definition) is 7. The van der Waals surface area contributed by atoms with Crippen molar-refractivity contribution in [2.45, 2.75) is 43.1 Å². The maximum atomic E-state index is 14.0. The van der Waals surface area contributed by atoms with Gasteiger partial charge >= 0.3 is 6.09 Å². The highest BCUT2D eigenvalue weighted by atomic mass is 35.5. The Bertz CT molecular complexity index is 1530. The van der Waals surface area contributed by atoms with Crippen molar-refractivity contribution in [3.05, 3.63) is 77.8 Å². The number of benzene rings is 2. The van der Waals surface area contributed by atoms with Crippen LogP contribution >= 0.6 is 11.6 Å². The fourth-order valence-corrected chi connectivity index (χ4v) is 6.74. The minimum atomic E-state index is -4.41. The van der Waals surface area contributed by atoms with Gasteiger partial charge in [0.25, 0.3) is 10.0 Å². The van der Waals surface area contributed by atoms with Gasteiger partial charge in [-0.15, -0.1) is 0 Å². The lowest BCUT2D eigenvalue weighted by atomic mass is 10.2. The van der Waals surface area contributed by atoms with E-state index in [1.807, 2.05) is 0 Å². The molecule has 2 aromatic carbocycles. The second-order valence-corrected chi connectivity index (χ2v) is 13.3. The first-order valence-electron chi connectivity index (χ1n) is 11.3. The van der Waals surface area contributed by atoms with E-state index in [-0.39, 0.29) is 20.8 Å². The molecular formula is C25H28ClN3O6S2. The van der Waals surface area contributed by atoms with Crippen LogP contribution in [0.1, 0.15) is 27.7 Å². The molecule has 198 valence electrons. The molecule has 3 rings (SSSR count). The van der Waals surface area contributed by atoms with E-state index >= 15 is 0 Å². The number of carbonyl (C=O) groups is 1. The molecule has 0 saturated heterocycles. The van der Waals surface area contributed by atoms with Crippen LogP contribution in [0.3, 0.4) is 0 Å². The van der Waals surface area contributed by atoms with Crippen LogP contribution in [-0.2, 0) is 24.6 Å². The molecule has 0 aliphatic rings. The lowest BCUT2D eigenvalue weighted by Gasteiger charge is -2.28. The number of fused-ring (bicyclic) bond motifs is 1. The third-order valence-electron chi connectivity index (χ3n) is 5.12. The summed E-state index contributed by atoms with van der Waals surface area (Å²) in [5.74, 6) is -0.703. The molecule has 0 aliphatic carbocycles. The van der Waals surface area contributed by atoms with Gasteiger partial charge in [-0.25, -0.2) is 26.6 Å². The molecule has 0 atom stereocenters. The van der Waals surface area contributed by atoms with Gasteiger partial charge in [-0.2, -0.15) is 0 Å². The van der Waals surface area contributed by atoms with Crippen LogP contribution in [0.15, 0.2) is 82.5 Å². The van der Waals surface area contributed by atoms with Gasteiger partial charge in [0.05, 0.1) is 22.1 Å². The Kier molecular flexibility index (Phi) is 8.51. The van der Waals surface area contributed by atoms with E-state index in [0.29, 0.717) is 10.8 Å². The summed E-state index contributed by atoms with van der Waals surface area (Å²) < 4.78 is 60.2. The number of halogens is 1. The highest BCUT2D eigenvalue weighted by Crippen LogP contribution is 2.30. The molecule has 0 aliphatic heterocycles. The summed E-state index contributed by atoms with van der Waals surface area (Å²) in [4.78, 5) is 16.5. The van der Waals surface area contributed by atoms with Gasteiger partial charge in [0.1, 0.15) is 16.6 Å².